The number of hydrogen-bond donors (Lipinski definition) is 0. The van der Waals surface area contributed by atoms with E-state index < -0.39 is 19.7 Å². The van der Waals surface area contributed by atoms with Crippen molar-refractivity contribution in [2.24, 2.45) is 0 Å². The first kappa shape index (κ1) is 12.5. The van der Waals surface area contributed by atoms with E-state index in [-0.39, 0.29) is 14.8 Å². The van der Waals surface area contributed by atoms with Gasteiger partial charge in [-0.3, -0.25) is 0 Å². The lowest BCUT2D eigenvalue weighted by Crippen LogP contribution is -2.07. The van der Waals surface area contributed by atoms with Crippen LogP contribution in [0.4, 0.5) is 0 Å². The maximum absolute atomic E-state index is 11.4. The van der Waals surface area contributed by atoms with Gasteiger partial charge >= 0.3 is 0 Å². The Labute approximate surface area is 93.7 Å². The molecule has 1 aromatic rings. The molecule has 84 valence electrons. The van der Waals surface area contributed by atoms with Gasteiger partial charge in [-0.1, -0.05) is 17.7 Å². The van der Waals surface area contributed by atoms with Gasteiger partial charge in [0, 0.05) is 12.5 Å². The first-order valence-corrected chi connectivity index (χ1v) is 7.99. The molecule has 4 nitrogen and oxygen atoms in total. The summed E-state index contributed by atoms with van der Waals surface area (Å²) in [7, 11) is -7.26. The van der Waals surface area contributed by atoms with E-state index in [1.165, 1.54) is 18.2 Å². The predicted molar refractivity (Wildman–Crippen MR) is 57.7 cm³/mol. The van der Waals surface area contributed by atoms with E-state index in [0.29, 0.717) is 0 Å². The standard InChI is InChI=1S/C8H9ClO4S2/c1-14(10,11)7-5-3-4-6(9)8(7)15(2,12)13/h3-5H,1-2H3. The molecule has 0 unspecified atom stereocenters. The first-order valence-electron chi connectivity index (χ1n) is 3.82. The summed E-state index contributed by atoms with van der Waals surface area (Å²) in [5.41, 5.74) is 0. The van der Waals surface area contributed by atoms with Crippen LogP contribution in [0.3, 0.4) is 0 Å². The molecule has 0 radical (unpaired) electrons. The summed E-state index contributed by atoms with van der Waals surface area (Å²) in [6.07, 6.45) is 1.86. The van der Waals surface area contributed by atoms with E-state index in [1.807, 2.05) is 0 Å². The molecule has 0 N–H and O–H groups in total. The van der Waals surface area contributed by atoms with Crippen LogP contribution in [0.1, 0.15) is 0 Å². The summed E-state index contributed by atoms with van der Waals surface area (Å²) in [6, 6.07) is 3.96. The second kappa shape index (κ2) is 3.77. The van der Waals surface area contributed by atoms with Crippen molar-refractivity contribution in [2.45, 2.75) is 9.79 Å². The molecule has 15 heavy (non-hydrogen) atoms. The highest BCUT2D eigenvalue weighted by molar-refractivity contribution is 7.93. The lowest BCUT2D eigenvalue weighted by atomic mass is 10.4. The van der Waals surface area contributed by atoms with Gasteiger partial charge in [-0.05, 0) is 12.1 Å². The lowest BCUT2D eigenvalue weighted by Gasteiger charge is -2.07. The number of sulfone groups is 2. The molecule has 1 rings (SSSR count). The Morgan fingerprint density at radius 1 is 1.00 bits per heavy atom. The molecule has 0 saturated heterocycles. The zero-order valence-corrected chi connectivity index (χ0v) is 10.4. The molecular formula is C8H9ClO4S2. The highest BCUT2D eigenvalue weighted by Crippen LogP contribution is 2.28. The highest BCUT2D eigenvalue weighted by atomic mass is 35.5. The molecule has 0 bridgehead atoms. The van der Waals surface area contributed by atoms with Gasteiger partial charge in [0.15, 0.2) is 19.7 Å². The normalized spacial score (nSPS) is 12.7. The summed E-state index contributed by atoms with van der Waals surface area (Å²) in [5.74, 6) is 0. The highest BCUT2D eigenvalue weighted by Gasteiger charge is 2.23. The predicted octanol–water partition coefficient (Wildman–Crippen LogP) is 1.15. The number of hydrogen-bond acceptors (Lipinski definition) is 4. The van der Waals surface area contributed by atoms with Crippen LogP contribution < -0.4 is 0 Å². The maximum Gasteiger partial charge on any atom is 0.178 e. The van der Waals surface area contributed by atoms with Crippen LogP contribution in [-0.2, 0) is 19.7 Å². The number of benzene rings is 1. The van der Waals surface area contributed by atoms with E-state index in [9.17, 15) is 16.8 Å². The maximum atomic E-state index is 11.4. The SMILES string of the molecule is CS(=O)(=O)c1cccc(Cl)c1S(C)(=O)=O. The molecule has 0 saturated carbocycles. The monoisotopic (exact) mass is 268 g/mol. The summed E-state index contributed by atoms with van der Waals surface area (Å²) in [4.78, 5) is -0.605. The average Bonchev–Trinajstić information content (AvgIpc) is 1.99. The average molecular weight is 269 g/mol. The van der Waals surface area contributed by atoms with Gasteiger partial charge < -0.3 is 0 Å². The van der Waals surface area contributed by atoms with Crippen molar-refractivity contribution in [1.82, 2.24) is 0 Å². The third-order valence-corrected chi connectivity index (χ3v) is 4.58. The minimum absolute atomic E-state index is 0.0829. The van der Waals surface area contributed by atoms with Crippen molar-refractivity contribution in [3.8, 4) is 0 Å². The fourth-order valence-corrected chi connectivity index (χ4v) is 4.33. The van der Waals surface area contributed by atoms with Crippen molar-refractivity contribution >= 4 is 31.3 Å². The molecule has 7 heteroatoms. The third-order valence-electron chi connectivity index (χ3n) is 1.70. The summed E-state index contributed by atoms with van der Waals surface area (Å²) < 4.78 is 45.4. The van der Waals surface area contributed by atoms with Crippen LogP contribution in [0.5, 0.6) is 0 Å². The minimum atomic E-state index is -3.66. The topological polar surface area (TPSA) is 68.3 Å². The van der Waals surface area contributed by atoms with E-state index >= 15 is 0 Å². The zero-order valence-electron chi connectivity index (χ0n) is 8.06. The fourth-order valence-electron chi connectivity index (χ4n) is 1.14. The molecule has 1 aromatic carbocycles. The Balaban J connectivity index is 3.79. The van der Waals surface area contributed by atoms with Crippen molar-refractivity contribution in [2.75, 3.05) is 12.5 Å². The molecule has 0 aliphatic heterocycles. The molecule has 0 amide bonds. The van der Waals surface area contributed by atoms with Crippen LogP contribution in [0.2, 0.25) is 5.02 Å². The molecule has 0 aromatic heterocycles. The van der Waals surface area contributed by atoms with E-state index in [1.54, 1.807) is 0 Å². The molecule has 0 aliphatic rings. The van der Waals surface area contributed by atoms with Gasteiger partial charge in [0.25, 0.3) is 0 Å². The van der Waals surface area contributed by atoms with E-state index in [0.717, 1.165) is 12.5 Å². The smallest absolute Gasteiger partial charge is 0.178 e. The quantitative estimate of drug-likeness (QED) is 0.807. The van der Waals surface area contributed by atoms with Gasteiger partial charge in [0.05, 0.1) is 9.92 Å². The molecular weight excluding hydrogens is 260 g/mol. The van der Waals surface area contributed by atoms with Crippen molar-refractivity contribution < 1.29 is 16.8 Å². The second-order valence-corrected chi connectivity index (χ2v) is 7.46. The van der Waals surface area contributed by atoms with Crippen LogP contribution >= 0.6 is 11.6 Å². The van der Waals surface area contributed by atoms with Gasteiger partial charge in [0.1, 0.15) is 4.90 Å². The second-order valence-electron chi connectivity index (χ2n) is 3.11. The Morgan fingerprint density at radius 2 is 1.53 bits per heavy atom. The Kier molecular flexibility index (Phi) is 3.14. The van der Waals surface area contributed by atoms with Gasteiger partial charge in [0.2, 0.25) is 0 Å². The molecule has 0 fully saturated rings. The summed E-state index contributed by atoms with van der Waals surface area (Å²) >= 11 is 5.68. The number of rotatable bonds is 2. The molecule has 0 spiro atoms. The van der Waals surface area contributed by atoms with Gasteiger partial charge in [-0.25, -0.2) is 16.8 Å². The zero-order chi connectivity index (χ0) is 11.9. The van der Waals surface area contributed by atoms with E-state index in [2.05, 4.69) is 0 Å². The molecule has 0 heterocycles. The fraction of sp³-hybridized carbons (Fsp3) is 0.250. The lowest BCUT2D eigenvalue weighted by molar-refractivity contribution is 0.589. The van der Waals surface area contributed by atoms with Crippen LogP contribution in [0.25, 0.3) is 0 Å². The Morgan fingerprint density at radius 3 is 1.87 bits per heavy atom. The van der Waals surface area contributed by atoms with Gasteiger partial charge in [-0.15, -0.1) is 0 Å². The number of halogens is 1. The van der Waals surface area contributed by atoms with Crippen LogP contribution in [0.15, 0.2) is 28.0 Å². The van der Waals surface area contributed by atoms with Crippen molar-refractivity contribution in [3.05, 3.63) is 23.2 Å². The Hall–Kier alpha value is -0.590. The minimum Gasteiger partial charge on any atom is -0.224 e. The van der Waals surface area contributed by atoms with Crippen molar-refractivity contribution in [1.29, 1.82) is 0 Å². The van der Waals surface area contributed by atoms with Crippen molar-refractivity contribution in [3.63, 3.8) is 0 Å². The van der Waals surface area contributed by atoms with E-state index in [4.69, 9.17) is 11.6 Å². The largest absolute Gasteiger partial charge is 0.224 e. The van der Waals surface area contributed by atoms with Gasteiger partial charge in [-0.2, -0.15) is 0 Å². The molecule has 0 atom stereocenters. The Bertz CT molecular complexity index is 587. The van der Waals surface area contributed by atoms with Crippen LogP contribution in [0, 0.1) is 0 Å². The summed E-state index contributed by atoms with van der Waals surface area (Å²) in [5, 5.41) is -0.0829. The van der Waals surface area contributed by atoms with Crippen LogP contribution in [-0.4, -0.2) is 29.3 Å². The summed E-state index contributed by atoms with van der Waals surface area (Å²) in [6.45, 7) is 0. The third kappa shape index (κ3) is 2.70. The molecule has 0 aliphatic carbocycles. The first-order chi connectivity index (χ1) is 6.64.